The molecular formula is C31H43N7O6. The van der Waals surface area contributed by atoms with Crippen LogP contribution in [-0.4, -0.2) is 71.3 Å². The molecule has 0 bridgehead atoms. The zero-order valence-corrected chi connectivity index (χ0v) is 26.7. The molecule has 3 N–H and O–H groups in total. The highest BCUT2D eigenvalue weighted by atomic mass is 16.6. The first-order valence-electron chi connectivity index (χ1n) is 14.8. The van der Waals surface area contributed by atoms with Crippen LogP contribution in [0.3, 0.4) is 0 Å². The maximum absolute atomic E-state index is 13.1. The summed E-state index contributed by atoms with van der Waals surface area (Å²) in [7, 11) is 1.82. The van der Waals surface area contributed by atoms with Crippen molar-refractivity contribution in [2.45, 2.75) is 104 Å². The molecule has 0 aliphatic heterocycles. The Balaban J connectivity index is 1.59. The zero-order valence-electron chi connectivity index (χ0n) is 26.7. The molecule has 3 aromatic rings. The number of ether oxygens (including phenoxy) is 2. The summed E-state index contributed by atoms with van der Waals surface area (Å²) in [4.78, 5) is 50.2. The molecule has 0 saturated heterocycles. The first-order chi connectivity index (χ1) is 20.5. The van der Waals surface area contributed by atoms with E-state index < -0.39 is 41.6 Å². The molecule has 0 atom stereocenters. The van der Waals surface area contributed by atoms with E-state index in [4.69, 9.17) is 20.2 Å². The Morgan fingerprint density at radius 1 is 0.977 bits per heavy atom. The van der Waals surface area contributed by atoms with Gasteiger partial charge in [-0.05, 0) is 91.3 Å². The van der Waals surface area contributed by atoms with Crippen LogP contribution in [-0.2, 0) is 22.9 Å². The fraction of sp³-hybridized carbons (Fsp3) is 0.548. The van der Waals surface area contributed by atoms with Crippen LogP contribution in [0.1, 0.15) is 79.7 Å². The Kier molecular flexibility index (Phi) is 9.08. The molecule has 3 amide bonds. The second-order valence-electron chi connectivity index (χ2n) is 13.1. The van der Waals surface area contributed by atoms with Crippen molar-refractivity contribution < 1.29 is 29.0 Å². The first-order valence-corrected chi connectivity index (χ1v) is 14.8. The lowest BCUT2D eigenvalue weighted by Gasteiger charge is -2.38. The lowest BCUT2D eigenvalue weighted by molar-refractivity contribution is -0.0112. The molecule has 0 spiro atoms. The van der Waals surface area contributed by atoms with Crippen LogP contribution in [0.4, 0.5) is 26.1 Å². The molecule has 1 aliphatic carbocycles. The van der Waals surface area contributed by atoms with Crippen LogP contribution in [0.15, 0.2) is 24.4 Å². The number of nitrogen functional groups attached to an aromatic ring is 1. The Morgan fingerprint density at radius 3 is 2.02 bits per heavy atom. The minimum Gasteiger partial charge on any atom is -0.465 e. The summed E-state index contributed by atoms with van der Waals surface area (Å²) in [6.07, 6.45) is 1.02. The van der Waals surface area contributed by atoms with E-state index in [0.29, 0.717) is 43.4 Å². The number of carboxylic acid groups (broad SMARTS) is 1. The number of aryl methyl sites for hydroxylation is 2. The Morgan fingerprint density at radius 2 is 1.55 bits per heavy atom. The third-order valence-corrected chi connectivity index (χ3v) is 7.32. The number of rotatable bonds is 5. The van der Waals surface area contributed by atoms with Crippen molar-refractivity contribution in [2.24, 2.45) is 7.05 Å². The van der Waals surface area contributed by atoms with Crippen LogP contribution < -0.4 is 10.6 Å². The van der Waals surface area contributed by atoms with Gasteiger partial charge in [0.1, 0.15) is 17.0 Å². The van der Waals surface area contributed by atoms with Crippen LogP contribution in [0.25, 0.3) is 22.2 Å². The molecular weight excluding hydrogens is 566 g/mol. The number of hydrogen-bond acceptors (Lipinski definition) is 9. The highest BCUT2D eigenvalue weighted by Crippen LogP contribution is 2.33. The van der Waals surface area contributed by atoms with Crippen molar-refractivity contribution in [1.29, 1.82) is 0 Å². The first kappa shape index (κ1) is 32.5. The van der Waals surface area contributed by atoms with Crippen LogP contribution in [0.2, 0.25) is 0 Å². The van der Waals surface area contributed by atoms with Gasteiger partial charge in [0, 0.05) is 42.3 Å². The van der Waals surface area contributed by atoms with E-state index in [9.17, 15) is 19.5 Å². The number of carbonyl (C=O) groups excluding carboxylic acids is 2. The van der Waals surface area contributed by atoms with Gasteiger partial charge in [0.2, 0.25) is 5.95 Å². The number of aromatic nitrogens is 4. The fourth-order valence-corrected chi connectivity index (χ4v) is 5.48. The Bertz CT molecular complexity index is 1520. The van der Waals surface area contributed by atoms with Gasteiger partial charge in [-0.15, -0.1) is 0 Å². The summed E-state index contributed by atoms with van der Waals surface area (Å²) < 4.78 is 12.8. The molecule has 1 aromatic carbocycles. The minimum atomic E-state index is -1.18. The molecule has 13 heteroatoms. The van der Waals surface area contributed by atoms with Crippen LogP contribution in [0, 0.1) is 0 Å². The molecule has 2 aromatic heterocycles. The summed E-state index contributed by atoms with van der Waals surface area (Å²) in [6.45, 7) is 12.4. The van der Waals surface area contributed by atoms with Gasteiger partial charge in [-0.1, -0.05) is 6.92 Å². The minimum absolute atomic E-state index is 0.0804. The monoisotopic (exact) mass is 609 g/mol. The van der Waals surface area contributed by atoms with Crippen LogP contribution >= 0.6 is 0 Å². The van der Waals surface area contributed by atoms with Gasteiger partial charge in [0.05, 0.1) is 11.2 Å². The quantitative estimate of drug-likeness (QED) is 0.343. The van der Waals surface area contributed by atoms with E-state index in [2.05, 4.69) is 10.1 Å². The predicted octanol–water partition coefficient (Wildman–Crippen LogP) is 6.14. The Labute approximate surface area is 257 Å². The zero-order chi connectivity index (χ0) is 32.6. The largest absolute Gasteiger partial charge is 0.465 e. The van der Waals surface area contributed by atoms with Crippen molar-refractivity contribution in [1.82, 2.24) is 24.6 Å². The van der Waals surface area contributed by atoms with E-state index in [1.807, 2.05) is 26.1 Å². The van der Waals surface area contributed by atoms with E-state index in [1.165, 1.54) is 4.90 Å². The third kappa shape index (κ3) is 7.37. The highest BCUT2D eigenvalue weighted by Gasteiger charge is 2.40. The fourth-order valence-electron chi connectivity index (χ4n) is 5.48. The molecule has 0 unspecified atom stereocenters. The summed E-state index contributed by atoms with van der Waals surface area (Å²) in [5, 5.41) is 15.3. The average Bonchev–Trinajstić information content (AvgIpc) is 3.24. The summed E-state index contributed by atoms with van der Waals surface area (Å²) in [6, 6.07) is 4.77. The number of anilines is 2. The molecule has 2 heterocycles. The smallest absolute Gasteiger partial charge is 0.420 e. The normalized spacial score (nSPS) is 17.3. The lowest BCUT2D eigenvalue weighted by atomic mass is 9.89. The van der Waals surface area contributed by atoms with Crippen LogP contribution in [0.5, 0.6) is 0 Å². The van der Waals surface area contributed by atoms with Gasteiger partial charge in [-0.2, -0.15) is 5.10 Å². The average molecular weight is 610 g/mol. The predicted molar refractivity (Wildman–Crippen MR) is 166 cm³/mol. The molecule has 0 radical (unpaired) electrons. The number of nitrogens with two attached hydrogens (primary N) is 1. The van der Waals surface area contributed by atoms with E-state index >= 15 is 0 Å². The van der Waals surface area contributed by atoms with E-state index in [1.54, 1.807) is 58.5 Å². The van der Waals surface area contributed by atoms with Gasteiger partial charge in [-0.3, -0.25) is 4.68 Å². The van der Waals surface area contributed by atoms with Gasteiger partial charge in [-0.25, -0.2) is 34.2 Å². The van der Waals surface area contributed by atoms with Crippen molar-refractivity contribution in [3.63, 3.8) is 0 Å². The molecule has 238 valence electrons. The van der Waals surface area contributed by atoms with Crippen molar-refractivity contribution in [2.75, 3.05) is 10.6 Å². The molecule has 1 fully saturated rings. The van der Waals surface area contributed by atoms with E-state index in [0.717, 1.165) is 27.1 Å². The molecule has 44 heavy (non-hydrogen) atoms. The summed E-state index contributed by atoms with van der Waals surface area (Å²) in [5.41, 5.74) is 7.61. The number of benzene rings is 1. The summed E-state index contributed by atoms with van der Waals surface area (Å²) >= 11 is 0. The molecule has 1 aliphatic rings. The van der Waals surface area contributed by atoms with Gasteiger partial charge in [0.15, 0.2) is 0 Å². The third-order valence-electron chi connectivity index (χ3n) is 7.32. The number of fused-ring (bicyclic) bond motifs is 1. The SMILES string of the molecule is CCc1cc(-c2cc(N)nn2C)cc2cnc(N(C(=O)O)[C@H]3CC[C@H](N(C(=O)OC(C)(C)C)C(=O)OC(C)(C)C)CC3)nc12. The maximum atomic E-state index is 13.1. The number of carbonyl (C=O) groups is 3. The number of amides is 3. The molecule has 13 nitrogen and oxygen atoms in total. The second kappa shape index (κ2) is 12.3. The topological polar surface area (TPSA) is 166 Å². The molecule has 4 rings (SSSR count). The number of nitrogens with zero attached hydrogens (tertiary/aromatic N) is 6. The standard InChI is InChI=1S/C31H43N7O6/c1-9-18-14-19(23-16-24(32)35-36(23)8)15-20-17-33-26(34-25(18)20)37(27(39)40)21-10-12-22(13-11-21)38(28(41)43-30(2,3)4)29(42)44-31(5,6)7/h14-17,21-22H,9-13H2,1-8H3,(H2,32,35)(H,39,40)/t21-,22-. The lowest BCUT2D eigenvalue weighted by Crippen LogP contribution is -2.52. The van der Waals surface area contributed by atoms with Gasteiger partial charge >= 0.3 is 18.3 Å². The number of imide groups is 1. The Hall–Kier alpha value is -4.42. The van der Waals surface area contributed by atoms with Crippen molar-refractivity contribution >= 4 is 40.9 Å². The van der Waals surface area contributed by atoms with Gasteiger partial charge < -0.3 is 20.3 Å². The molecule has 1 saturated carbocycles. The summed E-state index contributed by atoms with van der Waals surface area (Å²) in [5.74, 6) is 0.496. The highest BCUT2D eigenvalue weighted by molar-refractivity contribution is 5.91. The van der Waals surface area contributed by atoms with Crippen molar-refractivity contribution in [3.05, 3.63) is 30.0 Å². The van der Waals surface area contributed by atoms with Gasteiger partial charge in [0.25, 0.3) is 0 Å². The van der Waals surface area contributed by atoms with Crippen molar-refractivity contribution in [3.8, 4) is 11.3 Å². The second-order valence-corrected chi connectivity index (χ2v) is 13.1. The van der Waals surface area contributed by atoms with E-state index in [-0.39, 0.29) is 5.95 Å². The maximum Gasteiger partial charge on any atom is 0.420 e. The number of hydrogen-bond donors (Lipinski definition) is 2.